The minimum absolute atomic E-state index is 0.194. The Balaban J connectivity index is 1.46. The van der Waals surface area contributed by atoms with Gasteiger partial charge in [-0.2, -0.15) is 0 Å². The van der Waals surface area contributed by atoms with Crippen LogP contribution in [0.2, 0.25) is 0 Å². The van der Waals surface area contributed by atoms with Crippen LogP contribution in [0.15, 0.2) is 36.4 Å². The maximum absolute atomic E-state index is 15.6. The van der Waals surface area contributed by atoms with Gasteiger partial charge in [0, 0.05) is 0 Å². The minimum atomic E-state index is -0.404. The van der Waals surface area contributed by atoms with Crippen molar-refractivity contribution in [3.8, 4) is 0 Å². The summed E-state index contributed by atoms with van der Waals surface area (Å²) in [6, 6.07) is 7.40. The van der Waals surface area contributed by atoms with E-state index in [-0.39, 0.29) is 17.1 Å². The van der Waals surface area contributed by atoms with Gasteiger partial charge in [0.25, 0.3) is 0 Å². The molecule has 0 nitrogen and oxygen atoms in total. The summed E-state index contributed by atoms with van der Waals surface area (Å²) in [5.74, 6) is 1.99. The van der Waals surface area contributed by atoms with Gasteiger partial charge in [-0.1, -0.05) is 69.4 Å². The first-order valence-corrected chi connectivity index (χ1v) is 13.1. The molecular weight excluding hydrogens is 398 g/mol. The highest BCUT2D eigenvalue weighted by molar-refractivity contribution is 5.85. The lowest BCUT2D eigenvalue weighted by atomic mass is 9.63. The van der Waals surface area contributed by atoms with Crippen molar-refractivity contribution in [1.29, 1.82) is 0 Å². The van der Waals surface area contributed by atoms with Gasteiger partial charge in [-0.3, -0.25) is 0 Å². The molecule has 0 amide bonds. The third-order valence-electron chi connectivity index (χ3n) is 8.31. The SMILES string of the molecule is CC=CCCc1cc(F)c2c(F)c(C3CCC4CC(CCCCC)CCC4C3)ccc2c1. The standard InChI is InChI=1S/C30H40F2/c1-3-5-7-9-21-11-12-24-20-25(14-13-23(24)17-21)27-16-15-26-18-22(10-8-6-4-2)19-28(31)29(26)30(27)32/h4,6,15-16,18-19,21,23-25H,3,5,7-14,17,20H2,1-2H3. The predicted molar refractivity (Wildman–Crippen MR) is 132 cm³/mol. The second-order valence-electron chi connectivity index (χ2n) is 10.5. The van der Waals surface area contributed by atoms with Crippen LogP contribution < -0.4 is 0 Å². The zero-order chi connectivity index (χ0) is 22.5. The van der Waals surface area contributed by atoms with Crippen LogP contribution in [0, 0.1) is 29.4 Å². The van der Waals surface area contributed by atoms with Crippen LogP contribution in [0.3, 0.4) is 0 Å². The van der Waals surface area contributed by atoms with Crippen molar-refractivity contribution in [2.75, 3.05) is 0 Å². The molecule has 2 heteroatoms. The number of rotatable bonds is 8. The van der Waals surface area contributed by atoms with Gasteiger partial charge < -0.3 is 0 Å². The highest BCUT2D eigenvalue weighted by atomic mass is 19.1. The second kappa shape index (κ2) is 10.9. The van der Waals surface area contributed by atoms with Crippen molar-refractivity contribution < 1.29 is 8.78 Å². The lowest BCUT2D eigenvalue weighted by molar-refractivity contribution is 0.112. The summed E-state index contributed by atoms with van der Waals surface area (Å²) in [6.07, 6.45) is 18.6. The minimum Gasteiger partial charge on any atom is -0.206 e. The molecule has 2 aromatic carbocycles. The van der Waals surface area contributed by atoms with E-state index in [0.29, 0.717) is 5.39 Å². The Labute approximate surface area is 193 Å². The summed E-state index contributed by atoms with van der Waals surface area (Å²) >= 11 is 0. The van der Waals surface area contributed by atoms with Gasteiger partial charge in [0.2, 0.25) is 0 Å². The van der Waals surface area contributed by atoms with E-state index in [2.05, 4.69) is 13.0 Å². The average molecular weight is 439 g/mol. The van der Waals surface area contributed by atoms with E-state index in [9.17, 15) is 4.39 Å². The Bertz CT molecular complexity index is 928. The van der Waals surface area contributed by atoms with E-state index in [1.165, 1.54) is 57.4 Å². The Morgan fingerprint density at radius 2 is 1.78 bits per heavy atom. The summed E-state index contributed by atoms with van der Waals surface area (Å²) in [4.78, 5) is 0. The highest BCUT2D eigenvalue weighted by Gasteiger charge is 2.36. The fraction of sp³-hybridized carbons (Fsp3) is 0.600. The maximum Gasteiger partial charge on any atom is 0.137 e. The molecule has 174 valence electrons. The van der Waals surface area contributed by atoms with Crippen LogP contribution in [-0.4, -0.2) is 0 Å². The third-order valence-corrected chi connectivity index (χ3v) is 8.31. The van der Waals surface area contributed by atoms with Crippen molar-refractivity contribution in [3.05, 3.63) is 59.2 Å². The zero-order valence-corrected chi connectivity index (χ0v) is 20.0. The molecule has 2 aliphatic rings. The lowest BCUT2D eigenvalue weighted by Crippen LogP contribution is -2.30. The molecule has 2 saturated carbocycles. The molecule has 0 saturated heterocycles. The van der Waals surface area contributed by atoms with Gasteiger partial charge in [0.05, 0.1) is 5.39 Å². The van der Waals surface area contributed by atoms with Crippen LogP contribution in [0.25, 0.3) is 10.8 Å². The van der Waals surface area contributed by atoms with Crippen LogP contribution in [0.5, 0.6) is 0 Å². The number of unbranched alkanes of at least 4 members (excludes halogenated alkanes) is 2. The van der Waals surface area contributed by atoms with Crippen LogP contribution >= 0.6 is 0 Å². The molecule has 0 N–H and O–H groups in total. The number of fused-ring (bicyclic) bond motifs is 2. The number of hydrogen-bond donors (Lipinski definition) is 0. The van der Waals surface area contributed by atoms with Gasteiger partial charge >= 0.3 is 0 Å². The van der Waals surface area contributed by atoms with Gasteiger partial charge in [-0.15, -0.1) is 0 Å². The molecule has 2 fully saturated rings. The molecule has 4 unspecified atom stereocenters. The number of aryl methyl sites for hydroxylation is 1. The van der Waals surface area contributed by atoms with E-state index >= 15 is 4.39 Å². The Morgan fingerprint density at radius 1 is 0.969 bits per heavy atom. The first kappa shape index (κ1) is 23.5. The Kier molecular flexibility index (Phi) is 8.02. The molecule has 0 bridgehead atoms. The molecule has 2 aromatic rings. The van der Waals surface area contributed by atoms with Crippen molar-refractivity contribution in [1.82, 2.24) is 0 Å². The van der Waals surface area contributed by atoms with Crippen molar-refractivity contribution >= 4 is 10.8 Å². The van der Waals surface area contributed by atoms with Gasteiger partial charge in [0.1, 0.15) is 11.6 Å². The van der Waals surface area contributed by atoms with Crippen molar-refractivity contribution in [2.24, 2.45) is 17.8 Å². The second-order valence-corrected chi connectivity index (χ2v) is 10.5. The molecule has 0 aliphatic heterocycles. The van der Waals surface area contributed by atoms with E-state index in [4.69, 9.17) is 0 Å². The normalized spacial score (nSPS) is 26.0. The number of allylic oxidation sites excluding steroid dienone is 2. The molecule has 0 aromatic heterocycles. The number of halogens is 2. The largest absolute Gasteiger partial charge is 0.206 e. The van der Waals surface area contributed by atoms with Crippen molar-refractivity contribution in [3.63, 3.8) is 0 Å². The first-order chi connectivity index (χ1) is 15.6. The van der Waals surface area contributed by atoms with E-state index in [0.717, 1.165) is 54.6 Å². The highest BCUT2D eigenvalue weighted by Crippen LogP contribution is 2.49. The van der Waals surface area contributed by atoms with E-state index < -0.39 is 5.82 Å². The fourth-order valence-corrected chi connectivity index (χ4v) is 6.54. The average Bonchev–Trinajstić information content (AvgIpc) is 2.79. The van der Waals surface area contributed by atoms with Crippen LogP contribution in [0.4, 0.5) is 8.78 Å². The molecule has 4 rings (SSSR count). The molecule has 2 aliphatic carbocycles. The van der Waals surface area contributed by atoms with E-state index in [1.54, 1.807) is 0 Å². The zero-order valence-electron chi connectivity index (χ0n) is 20.0. The molecule has 0 heterocycles. The van der Waals surface area contributed by atoms with Gasteiger partial charge in [0.15, 0.2) is 0 Å². The maximum atomic E-state index is 15.6. The number of hydrogen-bond acceptors (Lipinski definition) is 0. The third kappa shape index (κ3) is 5.26. The summed E-state index contributed by atoms with van der Waals surface area (Å²) in [5, 5.41) is 0.891. The van der Waals surface area contributed by atoms with E-state index in [1.807, 2.05) is 31.2 Å². The van der Waals surface area contributed by atoms with Crippen LogP contribution in [0.1, 0.15) is 102 Å². The van der Waals surface area contributed by atoms with Crippen LogP contribution in [-0.2, 0) is 6.42 Å². The molecule has 0 radical (unpaired) electrons. The summed E-state index contributed by atoms with van der Waals surface area (Å²) in [5.41, 5.74) is 1.69. The fourth-order valence-electron chi connectivity index (χ4n) is 6.54. The quantitative estimate of drug-likeness (QED) is 0.284. The van der Waals surface area contributed by atoms with Gasteiger partial charge in [-0.25, -0.2) is 8.78 Å². The predicted octanol–water partition coefficient (Wildman–Crippen LogP) is 9.51. The number of benzene rings is 2. The topological polar surface area (TPSA) is 0 Å². The molecular formula is C30H40F2. The Morgan fingerprint density at radius 3 is 2.59 bits per heavy atom. The smallest absolute Gasteiger partial charge is 0.137 e. The summed E-state index contributed by atoms with van der Waals surface area (Å²) in [6.45, 7) is 4.27. The molecule has 4 atom stereocenters. The summed E-state index contributed by atoms with van der Waals surface area (Å²) in [7, 11) is 0. The molecule has 0 spiro atoms. The van der Waals surface area contributed by atoms with Crippen molar-refractivity contribution in [2.45, 2.75) is 96.8 Å². The lowest BCUT2D eigenvalue weighted by Gasteiger charge is -2.42. The monoisotopic (exact) mass is 438 g/mol. The molecule has 32 heavy (non-hydrogen) atoms. The van der Waals surface area contributed by atoms with Gasteiger partial charge in [-0.05, 0) is 98.1 Å². The first-order valence-electron chi connectivity index (χ1n) is 13.1. The Hall–Kier alpha value is -1.70. The summed E-state index contributed by atoms with van der Waals surface area (Å²) < 4.78 is 30.5.